The molecule has 29 heavy (non-hydrogen) atoms. The second-order valence-electron chi connectivity index (χ2n) is 6.63. The van der Waals surface area contributed by atoms with Crippen LogP contribution in [0.25, 0.3) is 11.3 Å². The van der Waals surface area contributed by atoms with E-state index < -0.39 is 0 Å². The zero-order valence-electron chi connectivity index (χ0n) is 16.2. The molecule has 1 aromatic carbocycles. The fourth-order valence-electron chi connectivity index (χ4n) is 3.56. The number of fused-ring (bicyclic) bond motifs is 1. The summed E-state index contributed by atoms with van der Waals surface area (Å²) in [5.74, 6) is 0.412. The molecule has 0 spiro atoms. The molecule has 150 valence electrons. The number of aromatic nitrogens is 3. The van der Waals surface area contributed by atoms with Crippen molar-refractivity contribution in [3.8, 4) is 11.3 Å². The minimum absolute atomic E-state index is 0.00621. The summed E-state index contributed by atoms with van der Waals surface area (Å²) in [6, 6.07) is 13.7. The average molecular weight is 393 g/mol. The number of aryl methyl sites for hydroxylation is 1. The van der Waals surface area contributed by atoms with Gasteiger partial charge in [0.2, 0.25) is 0 Å². The number of carbonyl (C=O) groups excluding carboxylic acids is 1. The van der Waals surface area contributed by atoms with E-state index in [1.54, 1.807) is 18.3 Å². The molecular weight excluding hydrogens is 370 g/mol. The van der Waals surface area contributed by atoms with Crippen LogP contribution in [0.4, 0.5) is 5.82 Å². The van der Waals surface area contributed by atoms with Gasteiger partial charge in [-0.15, -0.1) is 0 Å². The smallest absolute Gasteiger partial charge is 0.290 e. The van der Waals surface area contributed by atoms with Gasteiger partial charge >= 0.3 is 0 Å². The van der Waals surface area contributed by atoms with Gasteiger partial charge in [-0.25, -0.2) is 4.98 Å². The lowest BCUT2D eigenvalue weighted by Gasteiger charge is -2.20. The van der Waals surface area contributed by atoms with E-state index in [4.69, 9.17) is 20.7 Å². The maximum atomic E-state index is 12.8. The maximum absolute atomic E-state index is 12.8. The number of nitrogen functional groups attached to an aromatic ring is 1. The Kier molecular flexibility index (Phi) is 6.23. The first-order valence-electron chi connectivity index (χ1n) is 9.24. The van der Waals surface area contributed by atoms with E-state index in [0.717, 1.165) is 29.8 Å². The Hall–Kier alpha value is -3.68. The van der Waals surface area contributed by atoms with Gasteiger partial charge in [-0.3, -0.25) is 14.3 Å². The van der Waals surface area contributed by atoms with Crippen molar-refractivity contribution in [3.63, 3.8) is 0 Å². The molecule has 1 amide bonds. The van der Waals surface area contributed by atoms with Crippen molar-refractivity contribution in [3.05, 3.63) is 65.5 Å². The third-order valence-corrected chi connectivity index (χ3v) is 4.85. The van der Waals surface area contributed by atoms with Crippen LogP contribution in [0.1, 0.15) is 21.6 Å². The highest BCUT2D eigenvalue weighted by Gasteiger charge is 2.25. The van der Waals surface area contributed by atoms with Crippen molar-refractivity contribution in [1.82, 2.24) is 19.7 Å². The number of benzene rings is 1. The summed E-state index contributed by atoms with van der Waals surface area (Å²) in [7, 11) is 1.99. The molecule has 4 rings (SSSR count). The summed E-state index contributed by atoms with van der Waals surface area (Å²) in [5.41, 5.74) is 10.8. The molecule has 3 aromatic rings. The largest absolute Gasteiger partial charge is 0.483 e. The lowest BCUT2D eigenvalue weighted by atomic mass is 10.0. The van der Waals surface area contributed by atoms with Crippen LogP contribution >= 0.6 is 0 Å². The summed E-state index contributed by atoms with van der Waals surface area (Å²) in [4.78, 5) is 27.0. The molecule has 0 saturated heterocycles. The van der Waals surface area contributed by atoms with Crippen molar-refractivity contribution < 1.29 is 14.7 Å². The van der Waals surface area contributed by atoms with Crippen LogP contribution in [0.3, 0.4) is 0 Å². The van der Waals surface area contributed by atoms with E-state index in [-0.39, 0.29) is 12.4 Å². The standard InChI is InChI=1S/C20H21N5O.CH2O2/c1-24-19(14-5-3-2-4-6-14)16-9-11-25(12-10-17(16)23-24)20(26)15-7-8-18(21)22-13-15;2-1-3/h2-8,13H,9-12H2,1H3,(H2,21,22);1H,(H,2,3). The van der Waals surface area contributed by atoms with Crippen LogP contribution in [-0.4, -0.2) is 50.2 Å². The zero-order chi connectivity index (χ0) is 20.8. The van der Waals surface area contributed by atoms with E-state index in [0.29, 0.717) is 24.5 Å². The zero-order valence-corrected chi connectivity index (χ0v) is 16.2. The first-order valence-corrected chi connectivity index (χ1v) is 9.24. The number of carbonyl (C=O) groups is 2. The second-order valence-corrected chi connectivity index (χ2v) is 6.63. The van der Waals surface area contributed by atoms with Crippen LogP contribution in [0, 0.1) is 0 Å². The van der Waals surface area contributed by atoms with Crippen molar-refractivity contribution in [2.75, 3.05) is 18.8 Å². The van der Waals surface area contributed by atoms with Gasteiger partial charge in [0.25, 0.3) is 12.4 Å². The van der Waals surface area contributed by atoms with Gasteiger partial charge in [0.1, 0.15) is 5.82 Å². The predicted octanol–water partition coefficient (Wildman–Crippen LogP) is 2.01. The van der Waals surface area contributed by atoms with E-state index in [1.165, 1.54) is 5.56 Å². The molecule has 0 aliphatic carbocycles. The lowest BCUT2D eigenvalue weighted by Crippen LogP contribution is -2.33. The predicted molar refractivity (Wildman–Crippen MR) is 109 cm³/mol. The number of nitrogens with two attached hydrogens (primary N) is 1. The molecule has 0 atom stereocenters. The Morgan fingerprint density at radius 3 is 2.48 bits per heavy atom. The van der Waals surface area contributed by atoms with Crippen LogP contribution in [-0.2, 0) is 24.7 Å². The molecule has 2 aromatic heterocycles. The van der Waals surface area contributed by atoms with Crippen LogP contribution in [0.2, 0.25) is 0 Å². The molecule has 8 heteroatoms. The third-order valence-electron chi connectivity index (χ3n) is 4.85. The highest BCUT2D eigenvalue weighted by Crippen LogP contribution is 2.28. The van der Waals surface area contributed by atoms with Gasteiger partial charge in [-0.2, -0.15) is 5.10 Å². The number of carboxylic acid groups (broad SMARTS) is 1. The highest BCUT2D eigenvalue weighted by molar-refractivity contribution is 5.94. The minimum Gasteiger partial charge on any atom is -0.483 e. The molecular formula is C21H23N5O3. The monoisotopic (exact) mass is 393 g/mol. The SMILES string of the molecule is Cn1nc2c(c1-c1ccccc1)CCN(C(=O)c1ccc(N)nc1)CC2.O=CO. The summed E-state index contributed by atoms with van der Waals surface area (Å²) >= 11 is 0. The Balaban J connectivity index is 0.000000755. The Morgan fingerprint density at radius 2 is 1.83 bits per heavy atom. The number of amides is 1. The second kappa shape index (κ2) is 9.01. The van der Waals surface area contributed by atoms with Gasteiger partial charge in [-0.1, -0.05) is 30.3 Å². The number of pyridine rings is 1. The molecule has 0 unspecified atom stereocenters. The van der Waals surface area contributed by atoms with Gasteiger partial charge in [0.15, 0.2) is 0 Å². The highest BCUT2D eigenvalue weighted by atomic mass is 16.3. The first-order chi connectivity index (χ1) is 14.0. The van der Waals surface area contributed by atoms with Crippen molar-refractivity contribution >= 4 is 18.2 Å². The van der Waals surface area contributed by atoms with Crippen molar-refractivity contribution in [2.45, 2.75) is 12.8 Å². The van der Waals surface area contributed by atoms with Crippen molar-refractivity contribution in [2.24, 2.45) is 7.05 Å². The number of hydrogen-bond donors (Lipinski definition) is 2. The molecule has 1 aliphatic heterocycles. The van der Waals surface area contributed by atoms with Crippen LogP contribution < -0.4 is 5.73 Å². The molecule has 0 bridgehead atoms. The van der Waals surface area contributed by atoms with E-state index in [1.807, 2.05) is 34.8 Å². The molecule has 8 nitrogen and oxygen atoms in total. The fourth-order valence-corrected chi connectivity index (χ4v) is 3.56. The number of anilines is 1. The summed E-state index contributed by atoms with van der Waals surface area (Å²) in [6.07, 6.45) is 3.09. The lowest BCUT2D eigenvalue weighted by molar-refractivity contribution is -0.122. The summed E-state index contributed by atoms with van der Waals surface area (Å²) in [6.45, 7) is 1.07. The number of nitrogens with zero attached hydrogens (tertiary/aromatic N) is 4. The summed E-state index contributed by atoms with van der Waals surface area (Å²) in [5, 5.41) is 11.6. The normalized spacial score (nSPS) is 12.9. The third kappa shape index (κ3) is 4.43. The quantitative estimate of drug-likeness (QED) is 0.644. The van der Waals surface area contributed by atoms with Crippen LogP contribution in [0.5, 0.6) is 0 Å². The molecule has 0 radical (unpaired) electrons. The number of rotatable bonds is 2. The van der Waals surface area contributed by atoms with E-state index in [9.17, 15) is 4.79 Å². The average Bonchev–Trinajstić information content (AvgIpc) is 2.90. The molecule has 1 aliphatic rings. The van der Waals surface area contributed by atoms with Gasteiger partial charge in [0, 0.05) is 43.9 Å². The molecule has 3 heterocycles. The van der Waals surface area contributed by atoms with Gasteiger partial charge < -0.3 is 15.7 Å². The minimum atomic E-state index is -0.250. The Labute approximate surface area is 168 Å². The van der Waals surface area contributed by atoms with Crippen LogP contribution in [0.15, 0.2) is 48.7 Å². The van der Waals surface area contributed by atoms with Crippen molar-refractivity contribution in [1.29, 1.82) is 0 Å². The topological polar surface area (TPSA) is 114 Å². The van der Waals surface area contributed by atoms with Gasteiger partial charge in [0.05, 0.1) is 17.0 Å². The van der Waals surface area contributed by atoms with Gasteiger partial charge in [-0.05, 0) is 18.6 Å². The fraction of sp³-hybridized carbons (Fsp3) is 0.238. The number of hydrogen-bond acceptors (Lipinski definition) is 5. The molecule has 0 saturated carbocycles. The molecule has 0 fully saturated rings. The van der Waals surface area contributed by atoms with E-state index >= 15 is 0 Å². The van der Waals surface area contributed by atoms with E-state index in [2.05, 4.69) is 17.1 Å². The Bertz CT molecular complexity index is 984. The Morgan fingerprint density at radius 1 is 1.14 bits per heavy atom. The molecule has 3 N–H and O–H groups in total. The maximum Gasteiger partial charge on any atom is 0.290 e. The first kappa shape index (κ1) is 20.1. The summed E-state index contributed by atoms with van der Waals surface area (Å²) < 4.78 is 1.96.